The lowest BCUT2D eigenvalue weighted by molar-refractivity contribution is 0.134. The predicted octanol–water partition coefficient (Wildman–Crippen LogP) is -1.50. The van der Waals surface area contributed by atoms with Crippen molar-refractivity contribution in [1.82, 2.24) is 5.32 Å². The van der Waals surface area contributed by atoms with Crippen LogP contribution in [0, 0.1) is 0 Å². The van der Waals surface area contributed by atoms with Gasteiger partial charge in [0, 0.05) is 12.6 Å². The Balaban J connectivity index is 2.40. The molecular weight excluding hydrogens is 206 g/mol. The van der Waals surface area contributed by atoms with E-state index in [4.69, 9.17) is 0 Å². The van der Waals surface area contributed by atoms with Gasteiger partial charge in [0.1, 0.15) is 0 Å². The first-order valence-electron chi connectivity index (χ1n) is 4.74. The smallest absolute Gasteiger partial charge is 0.154 e. The van der Waals surface area contributed by atoms with Crippen LogP contribution >= 0.6 is 0 Å². The summed E-state index contributed by atoms with van der Waals surface area (Å²) in [6.45, 7) is 2.17. The topological polar surface area (TPSA) is 86.6 Å². The average molecular weight is 223 g/mol. The Bertz CT molecular complexity index is 277. The first-order chi connectivity index (χ1) is 6.44. The summed E-state index contributed by atoms with van der Waals surface area (Å²) in [7, 11) is -3.09. The van der Waals surface area contributed by atoms with Crippen LogP contribution < -0.4 is 5.32 Å². The zero-order valence-electron chi connectivity index (χ0n) is 8.18. The van der Waals surface area contributed by atoms with E-state index < -0.39 is 28.1 Å². The van der Waals surface area contributed by atoms with Gasteiger partial charge in [-0.25, -0.2) is 8.42 Å². The van der Waals surface area contributed by atoms with Gasteiger partial charge in [0.05, 0.1) is 23.7 Å². The van der Waals surface area contributed by atoms with Crippen LogP contribution in [0.1, 0.15) is 13.3 Å². The van der Waals surface area contributed by atoms with Crippen molar-refractivity contribution in [3.05, 3.63) is 0 Å². The maximum absolute atomic E-state index is 11.1. The summed E-state index contributed by atoms with van der Waals surface area (Å²) in [5.41, 5.74) is 0. The van der Waals surface area contributed by atoms with Crippen LogP contribution in [0.4, 0.5) is 0 Å². The van der Waals surface area contributed by atoms with Crippen molar-refractivity contribution >= 4 is 9.84 Å². The molecule has 1 rings (SSSR count). The average Bonchev–Trinajstić information content (AvgIpc) is 2.35. The van der Waals surface area contributed by atoms with Crippen molar-refractivity contribution in [3.8, 4) is 0 Å². The first kappa shape index (κ1) is 11.9. The first-order valence-corrected chi connectivity index (χ1v) is 6.56. The molecule has 0 aromatic heterocycles. The number of rotatable bonds is 4. The minimum atomic E-state index is -3.09. The standard InChI is InChI=1S/C8H17NO4S/c1-2-6(10)3-9-7-4-14(12,13)5-8(7)11/h6-11H,2-5H2,1H3. The fraction of sp³-hybridized carbons (Fsp3) is 1.00. The highest BCUT2D eigenvalue weighted by molar-refractivity contribution is 7.91. The van der Waals surface area contributed by atoms with Crippen LogP contribution in [0.5, 0.6) is 0 Å². The molecule has 0 aromatic carbocycles. The highest BCUT2D eigenvalue weighted by atomic mass is 32.2. The third-order valence-corrected chi connectivity index (χ3v) is 4.13. The van der Waals surface area contributed by atoms with Crippen molar-refractivity contribution in [2.75, 3.05) is 18.1 Å². The molecule has 0 amide bonds. The Morgan fingerprint density at radius 3 is 2.57 bits per heavy atom. The summed E-state index contributed by atoms with van der Waals surface area (Å²) in [5, 5.41) is 21.5. The molecule has 14 heavy (non-hydrogen) atoms. The SMILES string of the molecule is CCC(O)CNC1CS(=O)(=O)CC1O. The second kappa shape index (κ2) is 4.57. The number of nitrogens with one attached hydrogen (secondary N) is 1. The van der Waals surface area contributed by atoms with E-state index in [2.05, 4.69) is 5.32 Å². The summed E-state index contributed by atoms with van der Waals surface area (Å²) in [5.74, 6) is -0.211. The molecule has 1 saturated heterocycles. The number of hydrogen-bond acceptors (Lipinski definition) is 5. The summed E-state index contributed by atoms with van der Waals surface area (Å²) in [6.07, 6.45) is -0.711. The molecule has 3 N–H and O–H groups in total. The Labute approximate surface area is 84.1 Å². The van der Waals surface area contributed by atoms with Crippen molar-refractivity contribution in [2.45, 2.75) is 31.6 Å². The summed E-state index contributed by atoms with van der Waals surface area (Å²) in [6, 6.07) is -0.429. The van der Waals surface area contributed by atoms with E-state index in [1.807, 2.05) is 6.92 Å². The zero-order valence-corrected chi connectivity index (χ0v) is 9.00. The molecule has 5 nitrogen and oxygen atoms in total. The Morgan fingerprint density at radius 1 is 1.50 bits per heavy atom. The van der Waals surface area contributed by atoms with Gasteiger partial charge in [0.15, 0.2) is 9.84 Å². The second-order valence-corrected chi connectivity index (χ2v) is 5.87. The van der Waals surface area contributed by atoms with Gasteiger partial charge in [-0.05, 0) is 6.42 Å². The van der Waals surface area contributed by atoms with Crippen molar-refractivity contribution < 1.29 is 18.6 Å². The fourth-order valence-corrected chi connectivity index (χ4v) is 3.23. The van der Waals surface area contributed by atoms with Crippen LogP contribution in [0.2, 0.25) is 0 Å². The molecule has 84 valence electrons. The van der Waals surface area contributed by atoms with Crippen molar-refractivity contribution in [1.29, 1.82) is 0 Å². The van der Waals surface area contributed by atoms with Crippen molar-refractivity contribution in [2.24, 2.45) is 0 Å². The van der Waals surface area contributed by atoms with E-state index in [9.17, 15) is 18.6 Å². The molecule has 1 aliphatic heterocycles. The molecule has 6 heteroatoms. The Kier molecular flexibility index (Phi) is 3.88. The van der Waals surface area contributed by atoms with Gasteiger partial charge in [-0.1, -0.05) is 6.92 Å². The largest absolute Gasteiger partial charge is 0.392 e. The molecule has 0 saturated carbocycles. The molecule has 0 spiro atoms. The molecule has 1 heterocycles. The predicted molar refractivity (Wildman–Crippen MR) is 52.7 cm³/mol. The summed E-state index contributed by atoms with van der Waals surface area (Å²) < 4.78 is 22.2. The van der Waals surface area contributed by atoms with E-state index in [1.165, 1.54) is 0 Å². The molecule has 0 bridgehead atoms. The Hall–Kier alpha value is -0.170. The lowest BCUT2D eigenvalue weighted by Gasteiger charge is -2.16. The van der Waals surface area contributed by atoms with Crippen LogP contribution in [0.15, 0.2) is 0 Å². The number of hydrogen-bond donors (Lipinski definition) is 3. The summed E-state index contributed by atoms with van der Waals surface area (Å²) >= 11 is 0. The van der Waals surface area contributed by atoms with Gasteiger partial charge in [-0.2, -0.15) is 0 Å². The van der Waals surface area contributed by atoms with Crippen LogP contribution in [0.25, 0.3) is 0 Å². The molecule has 1 fully saturated rings. The molecule has 0 aromatic rings. The van der Waals surface area contributed by atoms with Gasteiger partial charge in [0.2, 0.25) is 0 Å². The van der Waals surface area contributed by atoms with Gasteiger partial charge < -0.3 is 15.5 Å². The highest BCUT2D eigenvalue weighted by Gasteiger charge is 2.36. The normalized spacial score (nSPS) is 33.1. The number of aliphatic hydroxyl groups is 2. The lowest BCUT2D eigenvalue weighted by Crippen LogP contribution is -2.42. The monoisotopic (exact) mass is 223 g/mol. The fourth-order valence-electron chi connectivity index (χ4n) is 1.46. The third kappa shape index (κ3) is 3.20. The number of aliphatic hydroxyl groups excluding tert-OH is 2. The zero-order chi connectivity index (χ0) is 10.8. The highest BCUT2D eigenvalue weighted by Crippen LogP contribution is 2.12. The van der Waals surface area contributed by atoms with Gasteiger partial charge in [-0.15, -0.1) is 0 Å². The molecule has 0 aliphatic carbocycles. The van der Waals surface area contributed by atoms with E-state index in [1.54, 1.807) is 0 Å². The molecule has 0 radical (unpaired) electrons. The summed E-state index contributed by atoms with van der Waals surface area (Å²) in [4.78, 5) is 0. The maximum Gasteiger partial charge on any atom is 0.154 e. The van der Waals surface area contributed by atoms with Crippen molar-refractivity contribution in [3.63, 3.8) is 0 Å². The van der Waals surface area contributed by atoms with Gasteiger partial charge >= 0.3 is 0 Å². The molecule has 3 atom stereocenters. The Morgan fingerprint density at radius 2 is 2.14 bits per heavy atom. The van der Waals surface area contributed by atoms with E-state index in [0.29, 0.717) is 13.0 Å². The van der Waals surface area contributed by atoms with E-state index in [0.717, 1.165) is 0 Å². The maximum atomic E-state index is 11.1. The number of sulfone groups is 1. The quantitative estimate of drug-likeness (QED) is 0.540. The van der Waals surface area contributed by atoms with E-state index in [-0.39, 0.29) is 11.5 Å². The van der Waals surface area contributed by atoms with E-state index >= 15 is 0 Å². The van der Waals surface area contributed by atoms with Gasteiger partial charge in [0.25, 0.3) is 0 Å². The van der Waals surface area contributed by atoms with Crippen LogP contribution in [0.3, 0.4) is 0 Å². The molecule has 1 aliphatic rings. The minimum Gasteiger partial charge on any atom is -0.392 e. The van der Waals surface area contributed by atoms with Crippen LogP contribution in [-0.4, -0.2) is 54.9 Å². The third-order valence-electron chi connectivity index (χ3n) is 2.41. The lowest BCUT2D eigenvalue weighted by atomic mass is 10.2. The van der Waals surface area contributed by atoms with Crippen LogP contribution in [-0.2, 0) is 9.84 Å². The molecule has 3 unspecified atom stereocenters. The second-order valence-electron chi connectivity index (χ2n) is 3.72. The van der Waals surface area contributed by atoms with Gasteiger partial charge in [-0.3, -0.25) is 0 Å². The molecular formula is C8H17NO4S. The minimum absolute atomic E-state index is 0.0371.